The normalized spacial score (nSPS) is 13.2. The molecular formula is C32H34ClN5O2. The summed E-state index contributed by atoms with van der Waals surface area (Å²) >= 11 is 6.41. The Morgan fingerprint density at radius 2 is 1.77 bits per heavy atom. The van der Waals surface area contributed by atoms with Gasteiger partial charge in [-0.15, -0.1) is 0 Å². The molecule has 0 unspecified atom stereocenters. The van der Waals surface area contributed by atoms with E-state index in [1.165, 1.54) is 0 Å². The van der Waals surface area contributed by atoms with Crippen molar-refractivity contribution in [3.05, 3.63) is 82.4 Å². The average molecular weight is 556 g/mol. The molecule has 1 aliphatic heterocycles. The van der Waals surface area contributed by atoms with E-state index in [4.69, 9.17) is 21.6 Å². The molecule has 0 radical (unpaired) electrons. The van der Waals surface area contributed by atoms with Crippen LogP contribution in [0.25, 0.3) is 22.3 Å². The number of carbonyl (C=O) groups excluding carboxylic acids is 2. The van der Waals surface area contributed by atoms with Crippen LogP contribution in [0.15, 0.2) is 60.7 Å². The number of halogens is 1. The number of carbonyl (C=O) groups is 2. The molecule has 8 heteroatoms. The zero-order chi connectivity index (χ0) is 28.4. The standard InChI is InChI=1S/C32H34ClN5O2/c1-20-8-5-6-9-23(20)29-36-27-17-22(11-12-24(27)30(37-29)38-14-7-15-38)35-31(40)25-16-21(10-13-26(25)33)19-34-28(39)18-32(2,3)4/h5-6,8-13,16-17H,7,14-15,18-19H2,1-4H3,(H,34,39)(H,35,40). The zero-order valence-corrected chi connectivity index (χ0v) is 24.1. The van der Waals surface area contributed by atoms with Crippen LogP contribution in [0.5, 0.6) is 0 Å². The average Bonchev–Trinajstić information content (AvgIpc) is 2.86. The van der Waals surface area contributed by atoms with Crippen LogP contribution >= 0.6 is 11.6 Å². The van der Waals surface area contributed by atoms with Gasteiger partial charge in [-0.3, -0.25) is 9.59 Å². The van der Waals surface area contributed by atoms with E-state index in [0.717, 1.165) is 52.9 Å². The highest BCUT2D eigenvalue weighted by atomic mass is 35.5. The van der Waals surface area contributed by atoms with Crippen molar-refractivity contribution >= 4 is 45.8 Å². The van der Waals surface area contributed by atoms with E-state index >= 15 is 0 Å². The second-order valence-electron chi connectivity index (χ2n) is 11.5. The number of nitrogens with zero attached hydrogens (tertiary/aromatic N) is 3. The maximum absolute atomic E-state index is 13.3. The Balaban J connectivity index is 1.40. The number of hydrogen-bond acceptors (Lipinski definition) is 5. The van der Waals surface area contributed by atoms with Gasteiger partial charge in [-0.2, -0.15) is 0 Å². The van der Waals surface area contributed by atoms with E-state index in [0.29, 0.717) is 35.1 Å². The summed E-state index contributed by atoms with van der Waals surface area (Å²) in [5, 5.41) is 7.19. The topological polar surface area (TPSA) is 87.2 Å². The van der Waals surface area contributed by atoms with Crippen LogP contribution in [0.3, 0.4) is 0 Å². The first-order valence-electron chi connectivity index (χ1n) is 13.6. The predicted molar refractivity (Wildman–Crippen MR) is 162 cm³/mol. The second kappa shape index (κ2) is 11.3. The van der Waals surface area contributed by atoms with E-state index in [-0.39, 0.29) is 17.2 Å². The number of aromatic nitrogens is 2. The van der Waals surface area contributed by atoms with Crippen LogP contribution in [-0.4, -0.2) is 34.9 Å². The maximum atomic E-state index is 13.3. The van der Waals surface area contributed by atoms with Gasteiger partial charge >= 0.3 is 0 Å². The van der Waals surface area contributed by atoms with Crippen LogP contribution in [0.1, 0.15) is 55.1 Å². The first-order valence-corrected chi connectivity index (χ1v) is 13.9. The fraction of sp³-hybridized carbons (Fsp3) is 0.312. The van der Waals surface area contributed by atoms with Crippen molar-refractivity contribution in [3.8, 4) is 11.4 Å². The molecule has 0 saturated carbocycles. The highest BCUT2D eigenvalue weighted by Gasteiger charge is 2.22. The van der Waals surface area contributed by atoms with E-state index in [2.05, 4.69) is 28.5 Å². The smallest absolute Gasteiger partial charge is 0.257 e. The number of anilines is 2. The molecular weight excluding hydrogens is 522 g/mol. The lowest BCUT2D eigenvalue weighted by Gasteiger charge is -2.33. The summed E-state index contributed by atoms with van der Waals surface area (Å²) in [6.45, 7) is 10.4. The van der Waals surface area contributed by atoms with Gasteiger partial charge in [0.15, 0.2) is 5.82 Å². The number of aryl methyl sites for hydroxylation is 1. The van der Waals surface area contributed by atoms with Gasteiger partial charge in [0.05, 0.1) is 16.1 Å². The molecule has 4 aromatic rings. The molecule has 1 fully saturated rings. The zero-order valence-electron chi connectivity index (χ0n) is 23.3. The SMILES string of the molecule is Cc1ccccc1-c1nc(N2CCC2)c2ccc(NC(=O)c3cc(CNC(=O)CC(C)(C)C)ccc3Cl)cc2n1. The molecule has 0 aliphatic carbocycles. The molecule has 0 spiro atoms. The van der Waals surface area contributed by atoms with Gasteiger partial charge < -0.3 is 15.5 Å². The quantitative estimate of drug-likeness (QED) is 0.263. The van der Waals surface area contributed by atoms with Crippen LogP contribution in [0.4, 0.5) is 11.5 Å². The van der Waals surface area contributed by atoms with Gasteiger partial charge in [0.1, 0.15) is 5.82 Å². The molecule has 0 atom stereocenters. The van der Waals surface area contributed by atoms with Gasteiger partial charge in [0.2, 0.25) is 5.91 Å². The number of hydrogen-bond donors (Lipinski definition) is 2. The number of fused-ring (bicyclic) bond motifs is 1. The van der Waals surface area contributed by atoms with Gasteiger partial charge in [-0.05, 0) is 60.2 Å². The van der Waals surface area contributed by atoms with Crippen LogP contribution in [0, 0.1) is 12.3 Å². The van der Waals surface area contributed by atoms with Crippen molar-refractivity contribution in [1.29, 1.82) is 0 Å². The fourth-order valence-corrected chi connectivity index (χ4v) is 4.91. The molecule has 1 saturated heterocycles. The highest BCUT2D eigenvalue weighted by Crippen LogP contribution is 2.32. The molecule has 2 N–H and O–H groups in total. The number of nitrogens with one attached hydrogen (secondary N) is 2. The third kappa shape index (κ3) is 6.26. The second-order valence-corrected chi connectivity index (χ2v) is 11.9. The Bertz CT molecular complexity index is 1590. The van der Waals surface area contributed by atoms with Crippen molar-refractivity contribution in [2.75, 3.05) is 23.3 Å². The summed E-state index contributed by atoms with van der Waals surface area (Å²) in [6, 6.07) is 19.0. The monoisotopic (exact) mass is 555 g/mol. The Hall–Kier alpha value is -3.97. The van der Waals surface area contributed by atoms with Crippen molar-refractivity contribution in [2.45, 2.75) is 47.1 Å². The molecule has 0 bridgehead atoms. The number of amides is 2. The first kappa shape index (κ1) is 27.6. The van der Waals surface area contributed by atoms with E-state index < -0.39 is 0 Å². The van der Waals surface area contributed by atoms with Gasteiger partial charge in [0.25, 0.3) is 5.91 Å². The van der Waals surface area contributed by atoms with Crippen molar-refractivity contribution < 1.29 is 9.59 Å². The molecule has 2 amide bonds. The van der Waals surface area contributed by atoms with E-state index in [1.54, 1.807) is 12.1 Å². The van der Waals surface area contributed by atoms with Crippen LogP contribution < -0.4 is 15.5 Å². The molecule has 40 heavy (non-hydrogen) atoms. The van der Waals surface area contributed by atoms with Crippen LogP contribution in [0.2, 0.25) is 5.02 Å². The van der Waals surface area contributed by atoms with Gasteiger partial charge in [-0.25, -0.2) is 9.97 Å². The molecule has 2 heterocycles. The molecule has 206 valence electrons. The summed E-state index contributed by atoms with van der Waals surface area (Å²) in [7, 11) is 0. The number of benzene rings is 3. The number of rotatable bonds is 7. The molecule has 1 aromatic heterocycles. The third-order valence-electron chi connectivity index (χ3n) is 6.93. The summed E-state index contributed by atoms with van der Waals surface area (Å²) in [6.07, 6.45) is 1.56. The lowest BCUT2D eigenvalue weighted by molar-refractivity contribution is -0.122. The maximum Gasteiger partial charge on any atom is 0.257 e. The van der Waals surface area contributed by atoms with E-state index in [9.17, 15) is 9.59 Å². The lowest BCUT2D eigenvalue weighted by atomic mass is 9.92. The summed E-state index contributed by atoms with van der Waals surface area (Å²) in [4.78, 5) is 37.6. The predicted octanol–water partition coefficient (Wildman–Crippen LogP) is 6.77. The molecule has 5 rings (SSSR count). The van der Waals surface area contributed by atoms with E-state index in [1.807, 2.05) is 63.2 Å². The largest absolute Gasteiger partial charge is 0.356 e. The van der Waals surface area contributed by atoms with Crippen LogP contribution in [-0.2, 0) is 11.3 Å². The summed E-state index contributed by atoms with van der Waals surface area (Å²) in [5.74, 6) is 1.22. The van der Waals surface area contributed by atoms with Crippen molar-refractivity contribution in [2.24, 2.45) is 5.41 Å². The Morgan fingerprint density at radius 3 is 2.48 bits per heavy atom. The summed E-state index contributed by atoms with van der Waals surface area (Å²) < 4.78 is 0. The molecule has 7 nitrogen and oxygen atoms in total. The van der Waals surface area contributed by atoms with Gasteiger partial charge in [-0.1, -0.05) is 62.7 Å². The molecule has 3 aromatic carbocycles. The highest BCUT2D eigenvalue weighted by molar-refractivity contribution is 6.34. The fourth-order valence-electron chi connectivity index (χ4n) is 4.70. The Labute approximate surface area is 240 Å². The van der Waals surface area contributed by atoms with Crippen molar-refractivity contribution in [3.63, 3.8) is 0 Å². The Kier molecular flexibility index (Phi) is 7.76. The minimum Gasteiger partial charge on any atom is -0.356 e. The lowest BCUT2D eigenvalue weighted by Crippen LogP contribution is -2.37. The summed E-state index contributed by atoms with van der Waals surface area (Å²) in [5.41, 5.74) is 4.50. The minimum atomic E-state index is -0.330. The third-order valence-corrected chi connectivity index (χ3v) is 7.26. The minimum absolute atomic E-state index is 0.0331. The first-order chi connectivity index (χ1) is 19.1. The molecule has 1 aliphatic rings. The van der Waals surface area contributed by atoms with Crippen molar-refractivity contribution in [1.82, 2.24) is 15.3 Å². The Morgan fingerprint density at radius 1 is 1.00 bits per heavy atom. The van der Waals surface area contributed by atoms with Gasteiger partial charge in [0, 0.05) is 42.7 Å².